The Morgan fingerprint density at radius 1 is 1.50 bits per heavy atom. The van der Waals surface area contributed by atoms with Crippen molar-refractivity contribution in [2.75, 3.05) is 0 Å². The molecule has 4 nitrogen and oxygen atoms in total. The molecule has 0 atom stereocenters. The van der Waals surface area contributed by atoms with Crippen molar-refractivity contribution in [3.63, 3.8) is 0 Å². The number of carboxylic acid groups (broad SMARTS) is 1. The van der Waals surface area contributed by atoms with Crippen LogP contribution in [0.15, 0.2) is 18.2 Å². The predicted molar refractivity (Wildman–Crippen MR) is 43.8 cm³/mol. The summed E-state index contributed by atoms with van der Waals surface area (Å²) in [6.07, 6.45) is 0. The fourth-order valence-electron chi connectivity index (χ4n) is 0.889. The van der Waals surface area contributed by atoms with E-state index in [1.165, 1.54) is 26.0 Å². The predicted octanol–water partition coefficient (Wildman–Crippen LogP) is -3.32. The van der Waals surface area contributed by atoms with E-state index < -0.39 is 11.6 Å². The Labute approximate surface area is 125 Å². The average Bonchev–Trinajstić information content (AvgIpc) is 2.03. The minimum Gasteiger partial charge on any atom is -0.543 e. The van der Waals surface area contributed by atoms with Gasteiger partial charge in [-0.3, -0.25) is 0 Å². The number of pyridine rings is 1. The van der Waals surface area contributed by atoms with Crippen LogP contribution >= 0.6 is 0 Å². The first-order chi connectivity index (χ1) is 5.91. The number of aromatic carboxylic acids is 1. The third kappa shape index (κ3) is 3.76. The van der Waals surface area contributed by atoms with Gasteiger partial charge in [0.2, 0.25) is 0 Å². The van der Waals surface area contributed by atoms with Gasteiger partial charge in [-0.05, 0) is 26.0 Å². The molecule has 0 aliphatic rings. The van der Waals surface area contributed by atoms with E-state index in [1.807, 2.05) is 0 Å². The molecule has 0 spiro atoms. The summed E-state index contributed by atoms with van der Waals surface area (Å²) in [5, 5.41) is 19.9. The zero-order chi connectivity index (χ0) is 10.1. The maximum Gasteiger partial charge on any atom is 1.00 e. The number of rotatable bonds is 2. The van der Waals surface area contributed by atoms with Crippen LogP contribution in [0.25, 0.3) is 0 Å². The molecule has 1 aromatic heterocycles. The molecule has 1 heterocycles. The second-order valence-electron chi connectivity index (χ2n) is 3.25. The molecule has 5 heteroatoms. The zero-order valence-electron chi connectivity index (χ0n) is 8.44. The molecule has 0 bridgehead atoms. The van der Waals surface area contributed by atoms with Gasteiger partial charge in [0, 0.05) is 0 Å². The van der Waals surface area contributed by atoms with Gasteiger partial charge in [-0.2, -0.15) is 0 Å². The Hall–Kier alpha value is 0.216. The minimum atomic E-state index is -1.34. The van der Waals surface area contributed by atoms with Crippen molar-refractivity contribution < 1.29 is 66.4 Å². The quantitative estimate of drug-likeness (QED) is 0.528. The smallest absolute Gasteiger partial charge is 0.543 e. The van der Waals surface area contributed by atoms with E-state index in [2.05, 4.69) is 4.98 Å². The van der Waals surface area contributed by atoms with Crippen LogP contribution < -0.4 is 56.5 Å². The summed E-state index contributed by atoms with van der Waals surface area (Å²) >= 11 is 0. The van der Waals surface area contributed by atoms with Crippen LogP contribution in [-0.4, -0.2) is 16.1 Å². The van der Waals surface area contributed by atoms with E-state index in [-0.39, 0.29) is 57.1 Å². The van der Waals surface area contributed by atoms with E-state index >= 15 is 0 Å². The van der Waals surface area contributed by atoms with Gasteiger partial charge in [-0.1, -0.05) is 6.07 Å². The average molecular weight is 219 g/mol. The fourth-order valence-corrected chi connectivity index (χ4v) is 0.889. The Balaban J connectivity index is 0.00000169. The van der Waals surface area contributed by atoms with E-state index in [1.54, 1.807) is 6.07 Å². The summed E-state index contributed by atoms with van der Waals surface area (Å²) in [7, 11) is 0. The van der Waals surface area contributed by atoms with E-state index in [9.17, 15) is 15.0 Å². The van der Waals surface area contributed by atoms with Crippen molar-refractivity contribution >= 4 is 5.97 Å². The molecule has 0 aliphatic carbocycles. The Morgan fingerprint density at radius 2 is 2.07 bits per heavy atom. The van der Waals surface area contributed by atoms with Crippen molar-refractivity contribution in [1.82, 2.24) is 4.98 Å². The van der Waals surface area contributed by atoms with Crippen molar-refractivity contribution in [2.45, 2.75) is 19.4 Å². The minimum absolute atomic E-state index is 0. The van der Waals surface area contributed by atoms with Gasteiger partial charge in [0.1, 0.15) is 5.60 Å². The largest absolute Gasteiger partial charge is 1.00 e. The number of hydrogen-bond acceptors (Lipinski definition) is 4. The molecule has 0 radical (unpaired) electrons. The van der Waals surface area contributed by atoms with Crippen molar-refractivity contribution in [3.05, 3.63) is 29.6 Å². The molecule has 0 fully saturated rings. The number of aliphatic hydroxyl groups is 1. The second kappa shape index (κ2) is 5.34. The van der Waals surface area contributed by atoms with Crippen LogP contribution in [0.2, 0.25) is 0 Å². The number of nitrogens with zero attached hydrogens (tertiary/aromatic N) is 1. The van der Waals surface area contributed by atoms with Crippen LogP contribution in [0.5, 0.6) is 0 Å². The molecule has 70 valence electrons. The second-order valence-corrected chi connectivity index (χ2v) is 3.25. The first kappa shape index (κ1) is 14.2. The molecule has 1 aromatic rings. The van der Waals surface area contributed by atoms with E-state index in [4.69, 9.17) is 0 Å². The van der Waals surface area contributed by atoms with E-state index in [0.717, 1.165) is 0 Å². The standard InChI is InChI=1S/C9H11NO3.K/c1-9(2,13)7-5-3-4-6(10-7)8(11)12;/h3-5,13H,1-2H3,(H,11,12);/q;+1/p-1. The molecule has 1 N–H and O–H groups in total. The number of aromatic nitrogens is 1. The van der Waals surface area contributed by atoms with Gasteiger partial charge in [0.15, 0.2) is 0 Å². The van der Waals surface area contributed by atoms with Gasteiger partial charge in [-0.15, -0.1) is 0 Å². The molecular weight excluding hydrogens is 209 g/mol. The molecule has 1 rings (SSSR count). The summed E-state index contributed by atoms with van der Waals surface area (Å²) in [5.41, 5.74) is -0.986. The monoisotopic (exact) mass is 219 g/mol. The van der Waals surface area contributed by atoms with Crippen molar-refractivity contribution in [1.29, 1.82) is 0 Å². The molecule has 0 amide bonds. The molecule has 14 heavy (non-hydrogen) atoms. The maximum atomic E-state index is 10.4. The SMILES string of the molecule is CC(C)(O)c1cccc(C(=O)[O-])n1.[K+]. The van der Waals surface area contributed by atoms with Gasteiger partial charge in [0.05, 0.1) is 17.4 Å². The number of carbonyl (C=O) groups is 1. The van der Waals surface area contributed by atoms with Crippen LogP contribution in [0, 0.1) is 0 Å². The Bertz CT molecular complexity index is 333. The van der Waals surface area contributed by atoms with Crippen LogP contribution in [0.1, 0.15) is 30.0 Å². The first-order valence-corrected chi connectivity index (χ1v) is 3.82. The maximum absolute atomic E-state index is 10.4. The van der Waals surface area contributed by atoms with Crippen LogP contribution in [0.4, 0.5) is 0 Å². The third-order valence-corrected chi connectivity index (χ3v) is 1.59. The van der Waals surface area contributed by atoms with Crippen LogP contribution in [0.3, 0.4) is 0 Å². The Morgan fingerprint density at radius 3 is 2.50 bits per heavy atom. The van der Waals surface area contributed by atoms with Crippen LogP contribution in [-0.2, 0) is 5.60 Å². The summed E-state index contributed by atoms with van der Waals surface area (Å²) in [5.74, 6) is -1.34. The summed E-state index contributed by atoms with van der Waals surface area (Å²) in [6, 6.07) is 4.41. The van der Waals surface area contributed by atoms with Gasteiger partial charge >= 0.3 is 51.4 Å². The summed E-state index contributed by atoms with van der Waals surface area (Å²) in [4.78, 5) is 14.2. The number of carbonyl (C=O) groups excluding carboxylic acids is 1. The molecule has 0 saturated carbocycles. The first-order valence-electron chi connectivity index (χ1n) is 3.82. The normalized spacial score (nSPS) is 10.5. The molecule has 0 aromatic carbocycles. The van der Waals surface area contributed by atoms with E-state index in [0.29, 0.717) is 5.69 Å². The summed E-state index contributed by atoms with van der Waals surface area (Å²) < 4.78 is 0. The fraction of sp³-hybridized carbons (Fsp3) is 0.333. The van der Waals surface area contributed by atoms with Gasteiger partial charge in [-0.25, -0.2) is 4.98 Å². The topological polar surface area (TPSA) is 73.2 Å². The zero-order valence-corrected chi connectivity index (χ0v) is 11.6. The van der Waals surface area contributed by atoms with Crippen molar-refractivity contribution in [3.8, 4) is 0 Å². The van der Waals surface area contributed by atoms with Gasteiger partial charge < -0.3 is 15.0 Å². The molecule has 0 unspecified atom stereocenters. The number of carboxylic acids is 1. The molecule has 0 aliphatic heterocycles. The molecular formula is C9H10KNO3. The van der Waals surface area contributed by atoms with Crippen molar-refractivity contribution in [2.24, 2.45) is 0 Å². The van der Waals surface area contributed by atoms with Gasteiger partial charge in [0.25, 0.3) is 0 Å². The third-order valence-electron chi connectivity index (χ3n) is 1.59. The Kier molecular flexibility index (Phi) is 5.42. The molecule has 0 saturated heterocycles. The summed E-state index contributed by atoms with van der Waals surface area (Å²) in [6.45, 7) is 3.07. The number of hydrogen-bond donors (Lipinski definition) is 1.